The summed E-state index contributed by atoms with van der Waals surface area (Å²) in [7, 11) is -3.49. The van der Waals surface area contributed by atoms with E-state index in [4.69, 9.17) is 5.73 Å². The molecule has 1 aromatic rings. The van der Waals surface area contributed by atoms with Gasteiger partial charge in [0.1, 0.15) is 0 Å². The lowest BCUT2D eigenvalue weighted by Gasteiger charge is -2.25. The average molecular weight is 349 g/mol. The van der Waals surface area contributed by atoms with E-state index >= 15 is 0 Å². The third kappa shape index (κ3) is 3.37. The van der Waals surface area contributed by atoms with Gasteiger partial charge in [-0.1, -0.05) is 22.9 Å². The SMILES string of the molecule is CCN(C(C)C)S(=O)(=O)c1cc(CN)cc(Br)c1C. The van der Waals surface area contributed by atoms with Crippen LogP contribution in [0.3, 0.4) is 0 Å². The molecule has 1 rings (SSSR count). The van der Waals surface area contributed by atoms with Crippen LogP contribution in [0.4, 0.5) is 0 Å². The molecular formula is C13H21BrN2O2S. The minimum atomic E-state index is -3.49. The van der Waals surface area contributed by atoms with E-state index in [0.29, 0.717) is 18.0 Å². The van der Waals surface area contributed by atoms with Crippen LogP contribution >= 0.6 is 15.9 Å². The van der Waals surface area contributed by atoms with Crippen molar-refractivity contribution >= 4 is 26.0 Å². The molecule has 0 radical (unpaired) electrons. The Balaban J connectivity index is 3.47. The van der Waals surface area contributed by atoms with Gasteiger partial charge in [-0.05, 0) is 44.0 Å². The summed E-state index contributed by atoms with van der Waals surface area (Å²) in [6, 6.07) is 3.45. The van der Waals surface area contributed by atoms with Gasteiger partial charge < -0.3 is 5.73 Å². The molecule has 0 unspecified atom stereocenters. The van der Waals surface area contributed by atoms with Crippen molar-refractivity contribution in [1.82, 2.24) is 4.31 Å². The Bertz CT molecular complexity index is 556. The van der Waals surface area contributed by atoms with Crippen molar-refractivity contribution < 1.29 is 8.42 Å². The van der Waals surface area contributed by atoms with Gasteiger partial charge in [0.15, 0.2) is 0 Å². The Labute approximate surface area is 124 Å². The van der Waals surface area contributed by atoms with E-state index in [1.54, 1.807) is 13.0 Å². The Morgan fingerprint density at radius 1 is 1.37 bits per heavy atom. The lowest BCUT2D eigenvalue weighted by Crippen LogP contribution is -2.37. The second-order valence-corrected chi connectivity index (χ2v) is 7.42. The zero-order chi connectivity index (χ0) is 14.8. The standard InChI is InChI=1S/C13H21BrN2O2S/c1-5-16(9(2)3)19(17,18)13-7-11(8-15)6-12(14)10(13)4/h6-7,9H,5,8,15H2,1-4H3. The molecule has 6 heteroatoms. The fourth-order valence-electron chi connectivity index (χ4n) is 2.03. The summed E-state index contributed by atoms with van der Waals surface area (Å²) in [4.78, 5) is 0.331. The van der Waals surface area contributed by atoms with E-state index in [2.05, 4.69) is 15.9 Å². The largest absolute Gasteiger partial charge is 0.326 e. The number of rotatable bonds is 5. The summed E-state index contributed by atoms with van der Waals surface area (Å²) in [6.45, 7) is 8.15. The molecule has 0 saturated heterocycles. The molecule has 0 saturated carbocycles. The van der Waals surface area contributed by atoms with Gasteiger partial charge in [-0.3, -0.25) is 0 Å². The molecule has 1 aromatic carbocycles. The van der Waals surface area contributed by atoms with Crippen LogP contribution in [0, 0.1) is 6.92 Å². The Kier molecular flexibility index (Phi) is 5.55. The second kappa shape index (κ2) is 6.35. The van der Waals surface area contributed by atoms with Gasteiger partial charge >= 0.3 is 0 Å². The average Bonchev–Trinajstić information content (AvgIpc) is 2.32. The fourth-order valence-corrected chi connectivity index (χ4v) is 4.62. The molecule has 0 aliphatic carbocycles. The molecule has 4 nitrogen and oxygen atoms in total. The van der Waals surface area contributed by atoms with Gasteiger partial charge in [0.2, 0.25) is 10.0 Å². The number of halogens is 1. The highest BCUT2D eigenvalue weighted by atomic mass is 79.9. The summed E-state index contributed by atoms with van der Waals surface area (Å²) in [5.74, 6) is 0. The lowest BCUT2D eigenvalue weighted by molar-refractivity contribution is 0.369. The monoisotopic (exact) mass is 348 g/mol. The van der Waals surface area contributed by atoms with Crippen LogP contribution < -0.4 is 5.73 Å². The van der Waals surface area contributed by atoms with Crippen LogP contribution in [-0.2, 0) is 16.6 Å². The first kappa shape index (κ1) is 16.6. The predicted molar refractivity (Wildman–Crippen MR) is 81.5 cm³/mol. The lowest BCUT2D eigenvalue weighted by atomic mass is 10.1. The Morgan fingerprint density at radius 3 is 2.37 bits per heavy atom. The molecule has 0 fully saturated rings. The molecular weight excluding hydrogens is 328 g/mol. The van der Waals surface area contributed by atoms with Gasteiger partial charge in [0, 0.05) is 23.6 Å². The normalized spacial score (nSPS) is 12.4. The van der Waals surface area contributed by atoms with Crippen molar-refractivity contribution in [2.45, 2.75) is 45.2 Å². The summed E-state index contributed by atoms with van der Waals surface area (Å²) in [6.07, 6.45) is 0. The number of nitrogens with two attached hydrogens (primary N) is 1. The first-order chi connectivity index (χ1) is 8.75. The van der Waals surface area contributed by atoms with E-state index in [9.17, 15) is 8.42 Å². The number of nitrogens with zero attached hydrogens (tertiary/aromatic N) is 1. The molecule has 0 aliphatic heterocycles. The number of hydrogen-bond acceptors (Lipinski definition) is 3. The maximum absolute atomic E-state index is 12.7. The van der Waals surface area contributed by atoms with Crippen LogP contribution in [0.25, 0.3) is 0 Å². The number of benzene rings is 1. The first-order valence-corrected chi connectivity index (χ1v) is 8.49. The maximum atomic E-state index is 12.7. The fraction of sp³-hybridized carbons (Fsp3) is 0.538. The highest BCUT2D eigenvalue weighted by molar-refractivity contribution is 9.10. The third-order valence-corrected chi connectivity index (χ3v) is 6.17. The third-order valence-electron chi connectivity index (χ3n) is 3.07. The van der Waals surface area contributed by atoms with Crippen LogP contribution in [0.15, 0.2) is 21.5 Å². The van der Waals surface area contributed by atoms with E-state index in [0.717, 1.165) is 15.6 Å². The molecule has 108 valence electrons. The Morgan fingerprint density at radius 2 is 1.95 bits per heavy atom. The summed E-state index contributed by atoms with van der Waals surface area (Å²) < 4.78 is 27.7. The van der Waals surface area contributed by atoms with Crippen LogP contribution in [-0.4, -0.2) is 25.3 Å². The van der Waals surface area contributed by atoms with E-state index in [-0.39, 0.29) is 6.04 Å². The maximum Gasteiger partial charge on any atom is 0.243 e. The van der Waals surface area contributed by atoms with Crippen molar-refractivity contribution in [3.63, 3.8) is 0 Å². The van der Waals surface area contributed by atoms with Gasteiger partial charge in [0.05, 0.1) is 4.90 Å². The molecule has 0 spiro atoms. The number of sulfonamides is 1. The minimum Gasteiger partial charge on any atom is -0.326 e. The molecule has 0 heterocycles. The highest BCUT2D eigenvalue weighted by Gasteiger charge is 2.28. The van der Waals surface area contributed by atoms with Crippen LogP contribution in [0.5, 0.6) is 0 Å². The van der Waals surface area contributed by atoms with Crippen molar-refractivity contribution in [2.75, 3.05) is 6.54 Å². The van der Waals surface area contributed by atoms with Crippen molar-refractivity contribution in [2.24, 2.45) is 5.73 Å². The molecule has 0 aromatic heterocycles. The quantitative estimate of drug-likeness (QED) is 0.889. The molecule has 0 bridgehead atoms. The van der Waals surface area contributed by atoms with E-state index in [1.165, 1.54) is 4.31 Å². The van der Waals surface area contributed by atoms with Crippen molar-refractivity contribution in [1.29, 1.82) is 0 Å². The second-order valence-electron chi connectivity index (χ2n) is 4.71. The van der Waals surface area contributed by atoms with Crippen LogP contribution in [0.1, 0.15) is 31.9 Å². The zero-order valence-electron chi connectivity index (χ0n) is 11.8. The van der Waals surface area contributed by atoms with Crippen molar-refractivity contribution in [3.8, 4) is 0 Å². The smallest absolute Gasteiger partial charge is 0.243 e. The zero-order valence-corrected chi connectivity index (χ0v) is 14.2. The van der Waals surface area contributed by atoms with E-state index < -0.39 is 10.0 Å². The topological polar surface area (TPSA) is 63.4 Å². The van der Waals surface area contributed by atoms with Gasteiger partial charge in [0.25, 0.3) is 0 Å². The van der Waals surface area contributed by atoms with Crippen molar-refractivity contribution in [3.05, 3.63) is 27.7 Å². The van der Waals surface area contributed by atoms with Gasteiger partial charge in [-0.2, -0.15) is 4.31 Å². The molecule has 0 amide bonds. The highest BCUT2D eigenvalue weighted by Crippen LogP contribution is 2.28. The van der Waals surface area contributed by atoms with E-state index in [1.807, 2.05) is 26.8 Å². The molecule has 2 N–H and O–H groups in total. The van der Waals surface area contributed by atoms with Gasteiger partial charge in [-0.25, -0.2) is 8.42 Å². The Hall–Kier alpha value is -0.430. The van der Waals surface area contributed by atoms with Crippen LogP contribution in [0.2, 0.25) is 0 Å². The summed E-state index contributed by atoms with van der Waals surface area (Å²) in [5, 5.41) is 0. The summed E-state index contributed by atoms with van der Waals surface area (Å²) >= 11 is 3.40. The minimum absolute atomic E-state index is 0.0743. The predicted octanol–water partition coefficient (Wildman–Crippen LogP) is 2.64. The molecule has 19 heavy (non-hydrogen) atoms. The first-order valence-electron chi connectivity index (χ1n) is 6.26. The molecule has 0 atom stereocenters. The molecule has 0 aliphatic rings. The van der Waals surface area contributed by atoms with Gasteiger partial charge in [-0.15, -0.1) is 0 Å². The summed E-state index contributed by atoms with van der Waals surface area (Å²) in [5.41, 5.74) is 7.14. The number of hydrogen-bond donors (Lipinski definition) is 1.